The Morgan fingerprint density at radius 3 is 2.50 bits per heavy atom. The molecule has 3 nitrogen and oxygen atoms in total. The summed E-state index contributed by atoms with van der Waals surface area (Å²) in [4.78, 5) is 0. The molecule has 0 aromatic heterocycles. The molecule has 0 aliphatic rings. The molecule has 118 valence electrons. The van der Waals surface area contributed by atoms with Gasteiger partial charge in [-0.1, -0.05) is 36.4 Å². The molecule has 0 saturated heterocycles. The lowest BCUT2D eigenvalue weighted by molar-refractivity contribution is 0.185. The van der Waals surface area contributed by atoms with E-state index in [0.717, 1.165) is 19.4 Å². The molecule has 0 amide bonds. The van der Waals surface area contributed by atoms with E-state index < -0.39 is 0 Å². The van der Waals surface area contributed by atoms with E-state index in [1.807, 2.05) is 12.1 Å². The lowest BCUT2D eigenvalue weighted by atomic mass is 10.1. The highest BCUT2D eigenvalue weighted by Crippen LogP contribution is 2.12. The number of rotatable bonds is 8. The van der Waals surface area contributed by atoms with Crippen molar-refractivity contribution < 1.29 is 9.84 Å². The highest BCUT2D eigenvalue weighted by atomic mass is 16.5. The minimum Gasteiger partial charge on any atom is -0.508 e. The van der Waals surface area contributed by atoms with Gasteiger partial charge in [-0.3, -0.25) is 0 Å². The van der Waals surface area contributed by atoms with Gasteiger partial charge in [0.05, 0.1) is 6.61 Å². The predicted octanol–water partition coefficient (Wildman–Crippen LogP) is 3.65. The summed E-state index contributed by atoms with van der Waals surface area (Å²) >= 11 is 0. The second-order valence-electron chi connectivity index (χ2n) is 5.74. The van der Waals surface area contributed by atoms with Crippen LogP contribution >= 0.6 is 0 Å². The first kappa shape index (κ1) is 16.5. The molecule has 0 saturated carbocycles. The summed E-state index contributed by atoms with van der Waals surface area (Å²) in [5.74, 6) is 0.325. The van der Waals surface area contributed by atoms with Crippen LogP contribution in [0.2, 0.25) is 0 Å². The standard InChI is InChI=1S/C19H25NO2/c1-15(6-7-16-8-10-19(21)11-9-16)20-13-17-4-3-5-18(12-17)14-22-2/h3-5,8-12,15,20-21H,6-7,13-14H2,1-2H3. The Labute approximate surface area is 133 Å². The summed E-state index contributed by atoms with van der Waals surface area (Å²) in [6, 6.07) is 16.4. The summed E-state index contributed by atoms with van der Waals surface area (Å²) in [7, 11) is 1.72. The van der Waals surface area contributed by atoms with E-state index in [1.54, 1.807) is 19.2 Å². The molecule has 0 heterocycles. The van der Waals surface area contributed by atoms with Gasteiger partial charge in [0.15, 0.2) is 0 Å². The van der Waals surface area contributed by atoms with Gasteiger partial charge in [-0.2, -0.15) is 0 Å². The molecule has 0 aliphatic heterocycles. The molecule has 0 spiro atoms. The van der Waals surface area contributed by atoms with Crippen molar-refractivity contribution in [3.63, 3.8) is 0 Å². The van der Waals surface area contributed by atoms with Crippen molar-refractivity contribution in [2.75, 3.05) is 7.11 Å². The summed E-state index contributed by atoms with van der Waals surface area (Å²) < 4.78 is 5.17. The number of hydrogen-bond acceptors (Lipinski definition) is 3. The van der Waals surface area contributed by atoms with E-state index in [2.05, 4.69) is 36.5 Å². The number of phenolic OH excluding ortho intramolecular Hbond substituents is 1. The fourth-order valence-corrected chi connectivity index (χ4v) is 2.44. The molecule has 1 atom stereocenters. The highest BCUT2D eigenvalue weighted by molar-refractivity contribution is 5.26. The van der Waals surface area contributed by atoms with Crippen molar-refractivity contribution in [1.82, 2.24) is 5.32 Å². The van der Waals surface area contributed by atoms with Gasteiger partial charge in [-0.25, -0.2) is 0 Å². The van der Waals surface area contributed by atoms with Crippen molar-refractivity contribution >= 4 is 0 Å². The number of hydrogen-bond donors (Lipinski definition) is 2. The zero-order chi connectivity index (χ0) is 15.8. The van der Waals surface area contributed by atoms with Crippen LogP contribution in [-0.2, 0) is 24.3 Å². The minimum atomic E-state index is 0.325. The molecule has 0 fully saturated rings. The van der Waals surface area contributed by atoms with E-state index in [9.17, 15) is 5.11 Å². The van der Waals surface area contributed by atoms with Crippen molar-refractivity contribution in [3.05, 3.63) is 65.2 Å². The largest absolute Gasteiger partial charge is 0.508 e. The number of nitrogens with one attached hydrogen (secondary N) is 1. The molecular formula is C19H25NO2. The normalized spacial score (nSPS) is 12.3. The topological polar surface area (TPSA) is 41.5 Å². The number of ether oxygens (including phenoxy) is 1. The maximum absolute atomic E-state index is 9.28. The van der Waals surface area contributed by atoms with Crippen LogP contribution in [0, 0.1) is 0 Å². The molecule has 1 unspecified atom stereocenters. The van der Waals surface area contributed by atoms with Crippen LogP contribution in [0.25, 0.3) is 0 Å². The summed E-state index contributed by atoms with van der Waals surface area (Å²) in [6.07, 6.45) is 2.08. The van der Waals surface area contributed by atoms with E-state index in [4.69, 9.17) is 4.74 Å². The van der Waals surface area contributed by atoms with Gasteiger partial charge in [-0.15, -0.1) is 0 Å². The van der Waals surface area contributed by atoms with Gasteiger partial charge in [0.25, 0.3) is 0 Å². The lowest BCUT2D eigenvalue weighted by Gasteiger charge is -2.14. The first-order valence-corrected chi connectivity index (χ1v) is 7.75. The van der Waals surface area contributed by atoms with Crippen LogP contribution in [0.5, 0.6) is 5.75 Å². The van der Waals surface area contributed by atoms with Gasteiger partial charge in [-0.05, 0) is 48.6 Å². The van der Waals surface area contributed by atoms with Gasteiger partial charge in [0.2, 0.25) is 0 Å². The quantitative estimate of drug-likeness (QED) is 0.782. The van der Waals surface area contributed by atoms with E-state index in [0.29, 0.717) is 18.4 Å². The zero-order valence-electron chi connectivity index (χ0n) is 13.4. The first-order chi connectivity index (χ1) is 10.7. The smallest absolute Gasteiger partial charge is 0.115 e. The van der Waals surface area contributed by atoms with Crippen LogP contribution in [0.1, 0.15) is 30.0 Å². The molecule has 2 aromatic rings. The van der Waals surface area contributed by atoms with Gasteiger partial charge in [0, 0.05) is 19.7 Å². The predicted molar refractivity (Wildman–Crippen MR) is 89.9 cm³/mol. The molecular weight excluding hydrogens is 274 g/mol. The van der Waals surface area contributed by atoms with Crippen LogP contribution < -0.4 is 5.32 Å². The molecule has 2 N–H and O–H groups in total. The molecule has 2 aromatic carbocycles. The van der Waals surface area contributed by atoms with Crippen LogP contribution in [0.15, 0.2) is 48.5 Å². The SMILES string of the molecule is COCc1cccc(CNC(C)CCc2ccc(O)cc2)c1. The number of benzene rings is 2. The molecule has 2 rings (SSSR count). The number of aryl methyl sites for hydroxylation is 1. The van der Waals surface area contributed by atoms with Crippen molar-refractivity contribution in [3.8, 4) is 5.75 Å². The summed E-state index contributed by atoms with van der Waals surface area (Å²) in [5, 5.41) is 12.8. The fraction of sp³-hybridized carbons (Fsp3) is 0.368. The van der Waals surface area contributed by atoms with E-state index in [-0.39, 0.29) is 0 Å². The van der Waals surface area contributed by atoms with Gasteiger partial charge >= 0.3 is 0 Å². The molecule has 0 bridgehead atoms. The average Bonchev–Trinajstić information content (AvgIpc) is 2.53. The monoisotopic (exact) mass is 299 g/mol. The van der Waals surface area contributed by atoms with Crippen molar-refractivity contribution in [2.24, 2.45) is 0 Å². The molecule has 22 heavy (non-hydrogen) atoms. The van der Waals surface area contributed by atoms with Gasteiger partial charge < -0.3 is 15.2 Å². The maximum Gasteiger partial charge on any atom is 0.115 e. The average molecular weight is 299 g/mol. The number of phenols is 1. The lowest BCUT2D eigenvalue weighted by Crippen LogP contribution is -2.26. The first-order valence-electron chi connectivity index (χ1n) is 7.75. The Morgan fingerprint density at radius 1 is 1.05 bits per heavy atom. The number of methoxy groups -OCH3 is 1. The Balaban J connectivity index is 1.76. The molecule has 0 aliphatic carbocycles. The van der Waals surface area contributed by atoms with Crippen molar-refractivity contribution in [1.29, 1.82) is 0 Å². The maximum atomic E-state index is 9.28. The van der Waals surface area contributed by atoms with E-state index >= 15 is 0 Å². The third-order valence-corrected chi connectivity index (χ3v) is 3.76. The van der Waals surface area contributed by atoms with E-state index in [1.165, 1.54) is 16.7 Å². The second kappa shape index (κ2) is 8.57. The zero-order valence-corrected chi connectivity index (χ0v) is 13.4. The molecule has 3 heteroatoms. The highest BCUT2D eigenvalue weighted by Gasteiger charge is 2.03. The van der Waals surface area contributed by atoms with Gasteiger partial charge in [0.1, 0.15) is 5.75 Å². The third kappa shape index (κ3) is 5.51. The molecule has 0 radical (unpaired) electrons. The van der Waals surface area contributed by atoms with Crippen LogP contribution in [0.3, 0.4) is 0 Å². The van der Waals surface area contributed by atoms with Crippen LogP contribution in [0.4, 0.5) is 0 Å². The fourth-order valence-electron chi connectivity index (χ4n) is 2.44. The summed E-state index contributed by atoms with van der Waals surface area (Å²) in [5.41, 5.74) is 3.75. The third-order valence-electron chi connectivity index (χ3n) is 3.76. The Hall–Kier alpha value is -1.84. The van der Waals surface area contributed by atoms with Crippen LogP contribution in [-0.4, -0.2) is 18.3 Å². The Kier molecular flexibility index (Phi) is 6.44. The van der Waals surface area contributed by atoms with Crippen molar-refractivity contribution in [2.45, 2.75) is 39.0 Å². The Bertz CT molecular complexity index is 566. The second-order valence-corrected chi connectivity index (χ2v) is 5.74. The summed E-state index contributed by atoms with van der Waals surface area (Å²) in [6.45, 7) is 3.73. The Morgan fingerprint density at radius 2 is 1.77 bits per heavy atom. The minimum absolute atomic E-state index is 0.325. The number of aromatic hydroxyl groups is 1.